The van der Waals surface area contributed by atoms with Crippen molar-refractivity contribution in [1.29, 1.82) is 0 Å². The average Bonchev–Trinajstić information content (AvgIpc) is 3.41. The number of fused-ring (bicyclic) bond motifs is 1. The van der Waals surface area contributed by atoms with Crippen molar-refractivity contribution in [1.82, 2.24) is 20.3 Å². The number of alkyl carbamates (subject to hydrolysis) is 1. The molecule has 0 atom stereocenters. The third-order valence-corrected chi connectivity index (χ3v) is 6.89. The summed E-state index contributed by atoms with van der Waals surface area (Å²) in [6.07, 6.45) is 4.59. The lowest BCUT2D eigenvalue weighted by molar-refractivity contribution is 0.137. The Labute approximate surface area is 202 Å². The van der Waals surface area contributed by atoms with E-state index in [1.807, 2.05) is 35.8 Å². The van der Waals surface area contributed by atoms with Crippen molar-refractivity contribution in [3.63, 3.8) is 0 Å². The molecule has 0 bridgehead atoms. The van der Waals surface area contributed by atoms with Crippen LogP contribution in [0.15, 0.2) is 65.6 Å². The number of thiazole rings is 1. The molecule has 0 saturated carbocycles. The zero-order chi connectivity index (χ0) is 23.2. The molecule has 0 spiro atoms. The van der Waals surface area contributed by atoms with Crippen LogP contribution >= 0.6 is 11.3 Å². The number of pyridine rings is 2. The lowest BCUT2D eigenvalue weighted by Gasteiger charge is -2.33. The van der Waals surface area contributed by atoms with Crippen LogP contribution in [0.4, 0.5) is 10.6 Å². The van der Waals surface area contributed by atoms with Gasteiger partial charge in [0.15, 0.2) is 0 Å². The first-order valence-corrected chi connectivity index (χ1v) is 12.5. The Balaban J connectivity index is 1.12. The number of piperidine rings is 1. The van der Waals surface area contributed by atoms with Crippen molar-refractivity contribution in [3.8, 4) is 11.3 Å². The molecule has 0 aliphatic carbocycles. The van der Waals surface area contributed by atoms with Crippen LogP contribution < -0.4 is 10.2 Å². The summed E-state index contributed by atoms with van der Waals surface area (Å²) in [7, 11) is 0. The third-order valence-electron chi connectivity index (χ3n) is 6.25. The topological polar surface area (TPSA) is 80.2 Å². The predicted molar refractivity (Wildman–Crippen MR) is 135 cm³/mol. The van der Waals surface area contributed by atoms with Gasteiger partial charge in [-0.25, -0.2) is 14.8 Å². The van der Waals surface area contributed by atoms with E-state index in [9.17, 15) is 4.79 Å². The molecule has 1 aliphatic heterocycles. The number of carbonyl (C=O) groups is 1. The van der Waals surface area contributed by atoms with Gasteiger partial charge in [0.25, 0.3) is 0 Å². The smallest absolute Gasteiger partial charge is 0.407 e. The van der Waals surface area contributed by atoms with Gasteiger partial charge in [0, 0.05) is 42.2 Å². The van der Waals surface area contributed by atoms with Gasteiger partial charge in [-0.15, -0.1) is 11.3 Å². The van der Waals surface area contributed by atoms with Gasteiger partial charge in [0.05, 0.1) is 22.4 Å². The van der Waals surface area contributed by atoms with Crippen LogP contribution in [0.5, 0.6) is 0 Å². The second-order valence-electron chi connectivity index (χ2n) is 8.46. The minimum absolute atomic E-state index is 0.217. The molecule has 4 aromatic rings. The SMILES string of the molecule is O=C(NCCC1CCN(c2cccc(-c3ccnc4ccccc34)n2)CC1)OCc1cscn1. The van der Waals surface area contributed by atoms with E-state index in [4.69, 9.17) is 9.72 Å². The highest BCUT2D eigenvalue weighted by molar-refractivity contribution is 7.07. The van der Waals surface area contributed by atoms with Gasteiger partial charge >= 0.3 is 6.09 Å². The molecule has 1 saturated heterocycles. The zero-order valence-electron chi connectivity index (χ0n) is 18.9. The van der Waals surface area contributed by atoms with Crippen LogP contribution in [0.2, 0.25) is 0 Å². The highest BCUT2D eigenvalue weighted by atomic mass is 32.1. The van der Waals surface area contributed by atoms with Crippen molar-refractivity contribution in [2.75, 3.05) is 24.5 Å². The van der Waals surface area contributed by atoms with Crippen molar-refractivity contribution in [3.05, 3.63) is 71.3 Å². The Morgan fingerprint density at radius 2 is 1.97 bits per heavy atom. The Bertz CT molecular complexity index is 1230. The van der Waals surface area contributed by atoms with Crippen molar-refractivity contribution < 1.29 is 9.53 Å². The number of nitrogens with zero attached hydrogens (tertiary/aromatic N) is 4. The first kappa shape index (κ1) is 22.3. The number of anilines is 1. The average molecular weight is 474 g/mol. The number of benzene rings is 1. The molecule has 4 heterocycles. The number of hydrogen-bond acceptors (Lipinski definition) is 7. The number of carbonyl (C=O) groups excluding carboxylic acids is 1. The van der Waals surface area contributed by atoms with Crippen LogP contribution in [0.1, 0.15) is 25.0 Å². The number of ether oxygens (including phenoxy) is 1. The largest absolute Gasteiger partial charge is 0.443 e. The summed E-state index contributed by atoms with van der Waals surface area (Å²) in [4.78, 5) is 27.8. The van der Waals surface area contributed by atoms with Crippen LogP contribution in [0, 0.1) is 5.92 Å². The summed E-state index contributed by atoms with van der Waals surface area (Å²) in [5.41, 5.74) is 5.57. The van der Waals surface area contributed by atoms with Crippen LogP contribution in [0.25, 0.3) is 22.2 Å². The molecule has 1 N–H and O–H groups in total. The fourth-order valence-electron chi connectivity index (χ4n) is 4.40. The lowest BCUT2D eigenvalue weighted by atomic mass is 9.93. The summed E-state index contributed by atoms with van der Waals surface area (Å²) in [5, 5.41) is 5.86. The molecular formula is C26H27N5O2S. The fourth-order valence-corrected chi connectivity index (χ4v) is 4.94. The normalized spacial score (nSPS) is 14.3. The Hall–Kier alpha value is -3.52. The molecule has 7 nitrogen and oxygen atoms in total. The number of rotatable bonds is 7. The van der Waals surface area contributed by atoms with Crippen molar-refractivity contribution in [2.24, 2.45) is 5.92 Å². The van der Waals surface area contributed by atoms with E-state index in [0.717, 1.165) is 66.0 Å². The second-order valence-corrected chi connectivity index (χ2v) is 9.18. The van der Waals surface area contributed by atoms with Crippen LogP contribution in [-0.2, 0) is 11.3 Å². The number of para-hydroxylation sites is 1. The van der Waals surface area contributed by atoms with Gasteiger partial charge < -0.3 is 15.0 Å². The monoisotopic (exact) mass is 473 g/mol. The summed E-state index contributed by atoms with van der Waals surface area (Å²) >= 11 is 1.49. The first-order valence-electron chi connectivity index (χ1n) is 11.6. The molecule has 8 heteroatoms. The minimum atomic E-state index is -0.380. The Kier molecular flexibility index (Phi) is 6.95. The summed E-state index contributed by atoms with van der Waals surface area (Å²) < 4.78 is 5.20. The van der Waals surface area contributed by atoms with Crippen LogP contribution in [0.3, 0.4) is 0 Å². The van der Waals surface area contributed by atoms with Crippen LogP contribution in [-0.4, -0.2) is 40.7 Å². The summed E-state index contributed by atoms with van der Waals surface area (Å²) in [5.74, 6) is 1.60. The predicted octanol–water partition coefficient (Wildman–Crippen LogP) is 5.29. The molecule has 1 amide bonds. The highest BCUT2D eigenvalue weighted by Gasteiger charge is 2.21. The molecule has 1 fully saturated rings. The molecule has 34 heavy (non-hydrogen) atoms. The number of amides is 1. The van der Waals surface area contributed by atoms with E-state index in [-0.39, 0.29) is 12.7 Å². The van der Waals surface area contributed by atoms with Crippen molar-refractivity contribution in [2.45, 2.75) is 25.9 Å². The van der Waals surface area contributed by atoms with Gasteiger partial charge in [0.2, 0.25) is 0 Å². The Morgan fingerprint density at radius 3 is 2.82 bits per heavy atom. The van der Waals surface area contributed by atoms with E-state index < -0.39 is 0 Å². The number of hydrogen-bond donors (Lipinski definition) is 1. The van der Waals surface area contributed by atoms with E-state index >= 15 is 0 Å². The lowest BCUT2D eigenvalue weighted by Crippen LogP contribution is -2.35. The molecule has 0 radical (unpaired) electrons. The second kappa shape index (κ2) is 10.6. The minimum Gasteiger partial charge on any atom is -0.443 e. The number of aromatic nitrogens is 3. The maximum Gasteiger partial charge on any atom is 0.407 e. The number of nitrogens with one attached hydrogen (secondary N) is 1. The van der Waals surface area contributed by atoms with Gasteiger partial charge in [-0.2, -0.15) is 0 Å². The van der Waals surface area contributed by atoms with Gasteiger partial charge in [-0.05, 0) is 49.4 Å². The van der Waals surface area contributed by atoms with E-state index in [1.54, 1.807) is 5.51 Å². The highest BCUT2D eigenvalue weighted by Crippen LogP contribution is 2.29. The molecule has 3 aromatic heterocycles. The van der Waals surface area contributed by atoms with E-state index in [0.29, 0.717) is 12.5 Å². The van der Waals surface area contributed by atoms with E-state index in [1.165, 1.54) is 11.3 Å². The first-order chi connectivity index (χ1) is 16.8. The van der Waals surface area contributed by atoms with Gasteiger partial charge in [0.1, 0.15) is 12.4 Å². The molecule has 174 valence electrons. The van der Waals surface area contributed by atoms with Gasteiger partial charge in [-0.3, -0.25) is 4.98 Å². The molecule has 0 unspecified atom stereocenters. The third kappa shape index (κ3) is 5.34. The maximum atomic E-state index is 11.9. The van der Waals surface area contributed by atoms with Crippen molar-refractivity contribution >= 4 is 34.2 Å². The molecule has 1 aliphatic rings. The van der Waals surface area contributed by atoms with Gasteiger partial charge in [-0.1, -0.05) is 24.3 Å². The zero-order valence-corrected chi connectivity index (χ0v) is 19.7. The summed E-state index contributed by atoms with van der Waals surface area (Å²) in [6, 6.07) is 16.5. The quantitative estimate of drug-likeness (QED) is 0.393. The molecular weight excluding hydrogens is 446 g/mol. The summed E-state index contributed by atoms with van der Waals surface area (Å²) in [6.45, 7) is 2.78. The molecule has 1 aromatic carbocycles. The standard InChI is InChI=1S/C26H27N5O2S/c32-26(33-16-20-17-34-18-29-20)28-12-8-19-10-14-31(15-11-19)25-7-3-6-24(30-25)22-9-13-27-23-5-2-1-4-21(22)23/h1-7,9,13,17-19H,8,10-12,14-16H2,(H,28,32). The fraction of sp³-hybridized carbons (Fsp3) is 0.308. The molecule has 5 rings (SSSR count). The maximum absolute atomic E-state index is 11.9. The Morgan fingerprint density at radius 1 is 1.09 bits per heavy atom. The van der Waals surface area contributed by atoms with E-state index in [2.05, 4.69) is 44.5 Å².